The van der Waals surface area contributed by atoms with Crippen LogP contribution in [-0.2, 0) is 4.79 Å². The van der Waals surface area contributed by atoms with Crippen LogP contribution < -0.4 is 15.0 Å². The molecule has 1 saturated heterocycles. The first-order valence-corrected chi connectivity index (χ1v) is 9.83. The van der Waals surface area contributed by atoms with Crippen molar-refractivity contribution >= 4 is 11.9 Å². The molecule has 150 valence electrons. The average Bonchev–Trinajstić information content (AvgIpc) is 2.72. The van der Waals surface area contributed by atoms with E-state index in [9.17, 15) is 4.79 Å². The number of rotatable bonds is 8. The Kier molecular flexibility index (Phi) is 7.19. The molecule has 0 radical (unpaired) electrons. The van der Waals surface area contributed by atoms with Gasteiger partial charge in [-0.25, -0.2) is 9.97 Å². The Morgan fingerprint density at radius 3 is 2.61 bits per heavy atom. The number of aromatic nitrogens is 2. The van der Waals surface area contributed by atoms with Gasteiger partial charge in [0.05, 0.1) is 0 Å². The van der Waals surface area contributed by atoms with E-state index in [1.807, 2.05) is 32.0 Å². The van der Waals surface area contributed by atoms with Gasteiger partial charge in [-0.3, -0.25) is 9.69 Å². The first kappa shape index (κ1) is 20.1. The number of ether oxygens (including phenoxy) is 1. The molecule has 3 rings (SSSR count). The molecule has 0 spiro atoms. The zero-order valence-electron chi connectivity index (χ0n) is 16.7. The lowest BCUT2D eigenvalue weighted by Crippen LogP contribution is -2.47. The quantitative estimate of drug-likeness (QED) is 0.701. The predicted octanol–water partition coefficient (Wildman–Crippen LogP) is 1.80. The molecule has 0 aliphatic carbocycles. The molecule has 1 N–H and O–H groups in total. The topological polar surface area (TPSA) is 70.6 Å². The maximum atomic E-state index is 12.0. The van der Waals surface area contributed by atoms with Gasteiger partial charge in [0.2, 0.25) is 5.95 Å². The minimum atomic E-state index is -0.0778. The summed E-state index contributed by atoms with van der Waals surface area (Å²) in [4.78, 5) is 25.2. The summed E-state index contributed by atoms with van der Waals surface area (Å²) in [7, 11) is 0. The molecule has 0 unspecified atom stereocenters. The van der Waals surface area contributed by atoms with Crippen LogP contribution in [0, 0.1) is 13.8 Å². The van der Waals surface area contributed by atoms with Gasteiger partial charge < -0.3 is 15.0 Å². The van der Waals surface area contributed by atoms with Crippen molar-refractivity contribution in [3.05, 3.63) is 47.8 Å². The summed E-state index contributed by atoms with van der Waals surface area (Å²) in [5.41, 5.74) is 2.24. The van der Waals surface area contributed by atoms with Crippen LogP contribution in [0.4, 0.5) is 5.95 Å². The number of aryl methyl sites for hydroxylation is 2. The Morgan fingerprint density at radius 2 is 1.89 bits per heavy atom. The maximum Gasteiger partial charge on any atom is 0.257 e. The number of benzene rings is 1. The van der Waals surface area contributed by atoms with Crippen LogP contribution in [0.25, 0.3) is 0 Å². The van der Waals surface area contributed by atoms with Crippen LogP contribution >= 0.6 is 0 Å². The van der Waals surface area contributed by atoms with Gasteiger partial charge in [0.15, 0.2) is 6.61 Å². The molecular weight excluding hydrogens is 354 g/mol. The predicted molar refractivity (Wildman–Crippen MR) is 110 cm³/mol. The highest BCUT2D eigenvalue weighted by atomic mass is 16.5. The molecule has 1 aromatic carbocycles. The van der Waals surface area contributed by atoms with E-state index < -0.39 is 0 Å². The lowest BCUT2D eigenvalue weighted by Gasteiger charge is -2.34. The third-order valence-corrected chi connectivity index (χ3v) is 4.87. The molecule has 1 fully saturated rings. The number of hydrogen-bond acceptors (Lipinski definition) is 6. The average molecular weight is 383 g/mol. The number of piperazine rings is 1. The summed E-state index contributed by atoms with van der Waals surface area (Å²) in [6, 6.07) is 7.79. The molecule has 7 nitrogen and oxygen atoms in total. The zero-order chi connectivity index (χ0) is 19.8. The highest BCUT2D eigenvalue weighted by molar-refractivity contribution is 5.77. The Hall–Kier alpha value is -2.67. The molecule has 1 aromatic heterocycles. The fraction of sp³-hybridized carbons (Fsp3) is 0.476. The van der Waals surface area contributed by atoms with Crippen LogP contribution in [0.15, 0.2) is 36.7 Å². The Balaban J connectivity index is 1.28. The second-order valence-electron chi connectivity index (χ2n) is 7.14. The number of hydrogen-bond donors (Lipinski definition) is 1. The molecule has 7 heteroatoms. The van der Waals surface area contributed by atoms with Gasteiger partial charge in [-0.15, -0.1) is 0 Å². The van der Waals surface area contributed by atoms with Crippen LogP contribution in [0.5, 0.6) is 5.75 Å². The highest BCUT2D eigenvalue weighted by Crippen LogP contribution is 2.18. The van der Waals surface area contributed by atoms with Crippen molar-refractivity contribution in [1.29, 1.82) is 0 Å². The number of anilines is 1. The van der Waals surface area contributed by atoms with Crippen LogP contribution in [0.3, 0.4) is 0 Å². The van der Waals surface area contributed by atoms with E-state index >= 15 is 0 Å². The summed E-state index contributed by atoms with van der Waals surface area (Å²) < 4.78 is 5.61. The second-order valence-corrected chi connectivity index (χ2v) is 7.14. The van der Waals surface area contributed by atoms with Crippen LogP contribution in [0.2, 0.25) is 0 Å². The van der Waals surface area contributed by atoms with E-state index in [0.29, 0.717) is 6.54 Å². The molecule has 1 amide bonds. The zero-order valence-corrected chi connectivity index (χ0v) is 16.7. The largest absolute Gasteiger partial charge is 0.484 e. The van der Waals surface area contributed by atoms with Gasteiger partial charge >= 0.3 is 0 Å². The summed E-state index contributed by atoms with van der Waals surface area (Å²) in [5, 5.41) is 2.94. The Bertz CT molecular complexity index is 761. The van der Waals surface area contributed by atoms with E-state index in [2.05, 4.69) is 31.2 Å². The third-order valence-electron chi connectivity index (χ3n) is 4.87. The lowest BCUT2D eigenvalue weighted by molar-refractivity contribution is -0.123. The summed E-state index contributed by atoms with van der Waals surface area (Å²) in [6.07, 6.45) is 4.49. The fourth-order valence-electron chi connectivity index (χ4n) is 3.31. The molecule has 1 aliphatic heterocycles. The van der Waals surface area contributed by atoms with Crippen molar-refractivity contribution < 1.29 is 9.53 Å². The van der Waals surface area contributed by atoms with E-state index in [1.165, 1.54) is 5.56 Å². The molecule has 0 atom stereocenters. The molecular formula is C21H29N5O2. The smallest absolute Gasteiger partial charge is 0.257 e. The minimum Gasteiger partial charge on any atom is -0.484 e. The maximum absolute atomic E-state index is 12.0. The molecule has 2 aromatic rings. The van der Waals surface area contributed by atoms with Crippen molar-refractivity contribution in [3.8, 4) is 5.75 Å². The number of carbonyl (C=O) groups is 1. The Morgan fingerprint density at radius 1 is 1.14 bits per heavy atom. The Labute approximate surface area is 166 Å². The SMILES string of the molecule is Cc1ccc(OCC(=O)NCCCN2CCN(c3ncccn3)CC2)c(C)c1. The van der Waals surface area contributed by atoms with E-state index in [4.69, 9.17) is 4.74 Å². The lowest BCUT2D eigenvalue weighted by atomic mass is 10.1. The summed E-state index contributed by atoms with van der Waals surface area (Å²) >= 11 is 0. The normalized spacial score (nSPS) is 14.7. The highest BCUT2D eigenvalue weighted by Gasteiger charge is 2.18. The van der Waals surface area contributed by atoms with Gasteiger partial charge in [0.1, 0.15) is 5.75 Å². The van der Waals surface area contributed by atoms with Gasteiger partial charge in [0, 0.05) is 45.1 Å². The number of carbonyl (C=O) groups excluding carboxylic acids is 1. The number of nitrogens with zero attached hydrogens (tertiary/aromatic N) is 4. The summed E-state index contributed by atoms with van der Waals surface area (Å²) in [6.45, 7) is 9.56. The van der Waals surface area contributed by atoms with Crippen LogP contribution in [0.1, 0.15) is 17.5 Å². The molecule has 0 saturated carbocycles. The van der Waals surface area contributed by atoms with Gasteiger partial charge in [-0.2, -0.15) is 0 Å². The molecule has 0 bridgehead atoms. The number of nitrogens with one attached hydrogen (secondary N) is 1. The second kappa shape index (κ2) is 10.0. The number of amides is 1. The van der Waals surface area contributed by atoms with Crippen molar-refractivity contribution in [2.75, 3.05) is 50.8 Å². The third kappa shape index (κ3) is 5.92. The fourth-order valence-corrected chi connectivity index (χ4v) is 3.31. The van der Waals surface area contributed by atoms with Gasteiger partial charge in [-0.1, -0.05) is 17.7 Å². The van der Waals surface area contributed by atoms with Crippen LogP contribution in [-0.4, -0.2) is 66.7 Å². The van der Waals surface area contributed by atoms with E-state index in [0.717, 1.165) is 56.4 Å². The monoisotopic (exact) mass is 383 g/mol. The van der Waals surface area contributed by atoms with E-state index in [-0.39, 0.29) is 12.5 Å². The standard InChI is InChI=1S/C21H29N5O2/c1-17-5-6-19(18(2)15-17)28-16-20(27)22-9-4-10-25-11-13-26(14-12-25)21-23-7-3-8-24-21/h3,5-8,15H,4,9-14,16H2,1-2H3,(H,22,27). The van der Waals surface area contributed by atoms with E-state index in [1.54, 1.807) is 12.4 Å². The first-order valence-electron chi connectivity index (χ1n) is 9.83. The molecule has 28 heavy (non-hydrogen) atoms. The van der Waals surface area contributed by atoms with Gasteiger partial charge in [0.25, 0.3) is 5.91 Å². The van der Waals surface area contributed by atoms with Crippen molar-refractivity contribution in [1.82, 2.24) is 20.2 Å². The first-order chi connectivity index (χ1) is 13.6. The van der Waals surface area contributed by atoms with Crippen molar-refractivity contribution in [3.63, 3.8) is 0 Å². The van der Waals surface area contributed by atoms with Gasteiger partial charge in [-0.05, 0) is 44.5 Å². The van der Waals surface area contributed by atoms with Crippen molar-refractivity contribution in [2.24, 2.45) is 0 Å². The summed E-state index contributed by atoms with van der Waals surface area (Å²) in [5.74, 6) is 1.49. The molecule has 1 aliphatic rings. The minimum absolute atomic E-state index is 0.0552. The van der Waals surface area contributed by atoms with Crippen molar-refractivity contribution in [2.45, 2.75) is 20.3 Å². The molecule has 2 heterocycles.